The van der Waals surface area contributed by atoms with Crippen LogP contribution in [0.25, 0.3) is 0 Å². The first-order valence-electron chi connectivity index (χ1n) is 4.23. The summed E-state index contributed by atoms with van der Waals surface area (Å²) in [7, 11) is 3.11. The molecule has 4 nitrogen and oxygen atoms in total. The Morgan fingerprint density at radius 2 is 2.50 bits per heavy atom. The molecular weight excluding hydrogens is 180 g/mol. The maximum Gasteiger partial charge on any atom is 0.358 e. The summed E-state index contributed by atoms with van der Waals surface area (Å²) in [5.74, 6) is 2.12. The van der Waals surface area contributed by atoms with Crippen LogP contribution in [0.5, 0.6) is 0 Å². The first-order chi connectivity index (χ1) is 6.69. The van der Waals surface area contributed by atoms with Crippen LogP contribution in [0.1, 0.15) is 22.6 Å². The Morgan fingerprint density at radius 3 is 3.07 bits per heavy atom. The topological polar surface area (TPSA) is 44.1 Å². The van der Waals surface area contributed by atoms with E-state index in [1.165, 1.54) is 7.11 Å². The number of terminal acetylenes is 1. The average molecular weight is 192 g/mol. The van der Waals surface area contributed by atoms with Crippen molar-refractivity contribution in [3.8, 4) is 12.3 Å². The number of aryl methyl sites for hydroxylation is 2. The molecule has 74 valence electrons. The van der Waals surface area contributed by atoms with Crippen molar-refractivity contribution in [2.24, 2.45) is 7.05 Å². The molecule has 0 fully saturated rings. The van der Waals surface area contributed by atoms with Gasteiger partial charge in [0, 0.05) is 25.6 Å². The van der Waals surface area contributed by atoms with Gasteiger partial charge in [-0.2, -0.15) is 5.10 Å². The molecule has 0 amide bonds. The fourth-order valence-electron chi connectivity index (χ4n) is 1.14. The maximum absolute atomic E-state index is 11.1. The van der Waals surface area contributed by atoms with E-state index < -0.39 is 5.97 Å². The quantitative estimate of drug-likeness (QED) is 0.525. The normalized spacial score (nSPS) is 9.50. The molecule has 1 rings (SSSR count). The van der Waals surface area contributed by atoms with Gasteiger partial charge in [0.2, 0.25) is 0 Å². The second-order valence-corrected chi connectivity index (χ2v) is 2.84. The van der Waals surface area contributed by atoms with E-state index in [0.717, 1.165) is 12.1 Å². The molecular formula is C10H12N2O2. The number of hydrogen-bond acceptors (Lipinski definition) is 3. The highest BCUT2D eigenvalue weighted by Gasteiger charge is 2.11. The van der Waals surface area contributed by atoms with E-state index in [4.69, 9.17) is 6.42 Å². The number of aromatic nitrogens is 2. The molecule has 0 aliphatic rings. The van der Waals surface area contributed by atoms with Crippen LogP contribution in [0.15, 0.2) is 6.07 Å². The van der Waals surface area contributed by atoms with Crippen LogP contribution in [0.3, 0.4) is 0 Å². The molecule has 1 aromatic rings. The smallest absolute Gasteiger partial charge is 0.358 e. The molecule has 0 N–H and O–H groups in total. The Hall–Kier alpha value is -1.76. The van der Waals surface area contributed by atoms with Gasteiger partial charge in [0.15, 0.2) is 5.69 Å². The van der Waals surface area contributed by atoms with Crippen molar-refractivity contribution in [2.45, 2.75) is 12.8 Å². The molecule has 0 aliphatic heterocycles. The third-order valence-electron chi connectivity index (χ3n) is 1.90. The molecule has 0 spiro atoms. The summed E-state index contributed by atoms with van der Waals surface area (Å²) in [4.78, 5) is 11.1. The first-order valence-corrected chi connectivity index (χ1v) is 4.23. The van der Waals surface area contributed by atoms with Crippen molar-refractivity contribution in [1.82, 2.24) is 9.78 Å². The summed E-state index contributed by atoms with van der Waals surface area (Å²) >= 11 is 0. The fourth-order valence-corrected chi connectivity index (χ4v) is 1.14. The molecule has 0 radical (unpaired) electrons. The highest BCUT2D eigenvalue weighted by atomic mass is 16.5. The van der Waals surface area contributed by atoms with Gasteiger partial charge in [0.1, 0.15) is 0 Å². The van der Waals surface area contributed by atoms with Crippen LogP contribution < -0.4 is 0 Å². The van der Waals surface area contributed by atoms with Gasteiger partial charge in [-0.15, -0.1) is 12.3 Å². The summed E-state index contributed by atoms with van der Waals surface area (Å²) in [6.45, 7) is 0. The number of methoxy groups -OCH3 is 1. The van der Waals surface area contributed by atoms with Gasteiger partial charge in [-0.05, 0) is 6.07 Å². The molecule has 14 heavy (non-hydrogen) atoms. The molecule has 0 atom stereocenters. The van der Waals surface area contributed by atoms with Gasteiger partial charge in [0.25, 0.3) is 0 Å². The fraction of sp³-hybridized carbons (Fsp3) is 0.400. The van der Waals surface area contributed by atoms with E-state index in [1.807, 2.05) is 0 Å². The summed E-state index contributed by atoms with van der Waals surface area (Å²) in [5.41, 5.74) is 1.25. The molecule has 0 aromatic carbocycles. The Kier molecular flexibility index (Phi) is 3.29. The number of nitrogens with zero attached hydrogens (tertiary/aromatic N) is 2. The predicted molar refractivity (Wildman–Crippen MR) is 51.7 cm³/mol. The van der Waals surface area contributed by atoms with E-state index in [-0.39, 0.29) is 0 Å². The SMILES string of the molecule is C#CCCc1cc(C(=O)OC)nn1C. The van der Waals surface area contributed by atoms with E-state index in [9.17, 15) is 4.79 Å². The molecule has 0 aliphatic carbocycles. The minimum Gasteiger partial charge on any atom is -0.464 e. The van der Waals surface area contributed by atoms with Gasteiger partial charge in [-0.3, -0.25) is 4.68 Å². The van der Waals surface area contributed by atoms with Crippen molar-refractivity contribution >= 4 is 5.97 Å². The Balaban J connectivity index is 2.83. The van der Waals surface area contributed by atoms with Crippen molar-refractivity contribution in [3.05, 3.63) is 17.5 Å². The summed E-state index contributed by atoms with van der Waals surface area (Å²) in [6.07, 6.45) is 6.51. The van der Waals surface area contributed by atoms with Gasteiger partial charge >= 0.3 is 5.97 Å². The van der Waals surface area contributed by atoms with Crippen LogP contribution in [-0.4, -0.2) is 22.9 Å². The number of esters is 1. The van der Waals surface area contributed by atoms with Crippen LogP contribution in [-0.2, 0) is 18.2 Å². The van der Waals surface area contributed by atoms with E-state index in [0.29, 0.717) is 12.1 Å². The van der Waals surface area contributed by atoms with Crippen molar-refractivity contribution in [1.29, 1.82) is 0 Å². The third-order valence-corrected chi connectivity index (χ3v) is 1.90. The molecule has 0 bridgehead atoms. The van der Waals surface area contributed by atoms with E-state index in [2.05, 4.69) is 15.8 Å². The molecule has 1 aromatic heterocycles. The van der Waals surface area contributed by atoms with Crippen molar-refractivity contribution in [2.75, 3.05) is 7.11 Å². The lowest BCUT2D eigenvalue weighted by Crippen LogP contribution is -2.03. The molecule has 1 heterocycles. The second kappa shape index (κ2) is 4.47. The molecule has 4 heteroatoms. The summed E-state index contributed by atoms with van der Waals surface area (Å²) in [6, 6.07) is 1.70. The van der Waals surface area contributed by atoms with Gasteiger partial charge in [0.05, 0.1) is 7.11 Å². The zero-order chi connectivity index (χ0) is 10.6. The minimum absolute atomic E-state index is 0.321. The Labute approximate surface area is 82.9 Å². The standard InChI is InChI=1S/C10H12N2O2/c1-4-5-6-8-7-9(10(13)14-3)11-12(8)2/h1,7H,5-6H2,2-3H3. The highest BCUT2D eigenvalue weighted by Crippen LogP contribution is 2.06. The number of rotatable bonds is 3. The molecule has 0 unspecified atom stereocenters. The molecule has 0 saturated heterocycles. The number of hydrogen-bond donors (Lipinski definition) is 0. The summed E-state index contributed by atoms with van der Waals surface area (Å²) in [5, 5.41) is 4.01. The minimum atomic E-state index is -0.424. The van der Waals surface area contributed by atoms with Gasteiger partial charge < -0.3 is 4.74 Å². The van der Waals surface area contributed by atoms with Crippen molar-refractivity contribution < 1.29 is 9.53 Å². The zero-order valence-electron chi connectivity index (χ0n) is 8.28. The van der Waals surface area contributed by atoms with Crippen LogP contribution in [0.2, 0.25) is 0 Å². The number of ether oxygens (including phenoxy) is 1. The third kappa shape index (κ3) is 2.13. The lowest BCUT2D eigenvalue weighted by Gasteiger charge is -1.95. The summed E-state index contributed by atoms with van der Waals surface area (Å²) < 4.78 is 6.20. The van der Waals surface area contributed by atoms with Crippen LogP contribution >= 0.6 is 0 Å². The number of carbonyl (C=O) groups is 1. The average Bonchev–Trinajstić information content (AvgIpc) is 2.56. The molecule has 0 saturated carbocycles. The van der Waals surface area contributed by atoms with Gasteiger partial charge in [-0.1, -0.05) is 0 Å². The van der Waals surface area contributed by atoms with Crippen LogP contribution in [0.4, 0.5) is 0 Å². The monoisotopic (exact) mass is 192 g/mol. The van der Waals surface area contributed by atoms with E-state index in [1.54, 1.807) is 17.8 Å². The predicted octanol–water partition coefficient (Wildman–Crippen LogP) is 0.772. The largest absolute Gasteiger partial charge is 0.464 e. The maximum atomic E-state index is 11.1. The number of carbonyl (C=O) groups excluding carboxylic acids is 1. The Morgan fingerprint density at radius 1 is 1.79 bits per heavy atom. The first kappa shape index (κ1) is 10.3. The highest BCUT2D eigenvalue weighted by molar-refractivity contribution is 5.87. The Bertz CT molecular complexity index is 374. The van der Waals surface area contributed by atoms with E-state index >= 15 is 0 Å². The lowest BCUT2D eigenvalue weighted by atomic mass is 10.2. The van der Waals surface area contributed by atoms with Crippen LogP contribution in [0, 0.1) is 12.3 Å². The lowest BCUT2D eigenvalue weighted by molar-refractivity contribution is 0.0593. The second-order valence-electron chi connectivity index (χ2n) is 2.84. The zero-order valence-corrected chi connectivity index (χ0v) is 8.28. The van der Waals surface area contributed by atoms with Crippen molar-refractivity contribution in [3.63, 3.8) is 0 Å². The van der Waals surface area contributed by atoms with Gasteiger partial charge in [-0.25, -0.2) is 4.79 Å².